The molecule has 0 radical (unpaired) electrons. The highest BCUT2D eigenvalue weighted by molar-refractivity contribution is 5.96. The first-order valence-corrected chi connectivity index (χ1v) is 6.03. The summed E-state index contributed by atoms with van der Waals surface area (Å²) in [5.41, 5.74) is -0.141. The van der Waals surface area contributed by atoms with Crippen molar-refractivity contribution in [1.29, 1.82) is 0 Å². The van der Waals surface area contributed by atoms with Crippen LogP contribution >= 0.6 is 0 Å². The van der Waals surface area contributed by atoms with Crippen LogP contribution in [0.1, 0.15) is 22.1 Å². The Morgan fingerprint density at radius 1 is 1.33 bits per heavy atom. The van der Waals surface area contributed by atoms with Crippen LogP contribution in [0.2, 0.25) is 0 Å². The Kier molecular flexibility index (Phi) is 4.60. The first-order valence-electron chi connectivity index (χ1n) is 6.03. The molecule has 2 rings (SSSR count). The zero-order valence-corrected chi connectivity index (χ0v) is 11.1. The number of ether oxygens (including phenoxy) is 1. The predicted octanol–water partition coefficient (Wildman–Crippen LogP) is 0.990. The van der Waals surface area contributed by atoms with Gasteiger partial charge in [-0.2, -0.15) is 0 Å². The van der Waals surface area contributed by atoms with Gasteiger partial charge < -0.3 is 14.5 Å². The fourth-order valence-electron chi connectivity index (χ4n) is 1.48. The molecule has 1 N–H and O–H groups in total. The maximum absolute atomic E-state index is 13.3. The van der Waals surface area contributed by atoms with E-state index in [4.69, 9.17) is 9.15 Å². The summed E-state index contributed by atoms with van der Waals surface area (Å²) < 4.78 is 23.2. The second kappa shape index (κ2) is 6.60. The largest absolute Gasteiger partial charge is 0.454 e. The van der Waals surface area contributed by atoms with Gasteiger partial charge in [0, 0.05) is 6.92 Å². The van der Waals surface area contributed by atoms with Gasteiger partial charge in [-0.15, -0.1) is 10.2 Å². The van der Waals surface area contributed by atoms with Crippen molar-refractivity contribution < 1.29 is 23.1 Å². The minimum atomic E-state index is -0.699. The van der Waals surface area contributed by atoms with Crippen LogP contribution in [0.3, 0.4) is 0 Å². The van der Waals surface area contributed by atoms with Crippen molar-refractivity contribution in [2.45, 2.75) is 13.5 Å². The van der Waals surface area contributed by atoms with Crippen molar-refractivity contribution in [2.75, 3.05) is 6.54 Å². The third kappa shape index (κ3) is 4.10. The van der Waals surface area contributed by atoms with Crippen molar-refractivity contribution in [3.8, 4) is 0 Å². The van der Waals surface area contributed by atoms with Crippen LogP contribution in [0.5, 0.6) is 0 Å². The van der Waals surface area contributed by atoms with Crippen LogP contribution in [-0.2, 0) is 16.1 Å². The number of nitrogens with zero attached hydrogens (tertiary/aromatic N) is 2. The van der Waals surface area contributed by atoms with Gasteiger partial charge in [0.2, 0.25) is 5.89 Å². The smallest absolute Gasteiger partial charge is 0.325 e. The lowest BCUT2D eigenvalue weighted by Crippen LogP contribution is -2.31. The van der Waals surface area contributed by atoms with E-state index in [0.29, 0.717) is 5.89 Å². The number of aromatic nitrogens is 2. The van der Waals surface area contributed by atoms with E-state index >= 15 is 0 Å². The molecule has 0 aliphatic heterocycles. The zero-order valence-electron chi connectivity index (χ0n) is 11.1. The lowest BCUT2D eigenvalue weighted by atomic mass is 10.2. The third-order valence-corrected chi connectivity index (χ3v) is 2.44. The van der Waals surface area contributed by atoms with Crippen LogP contribution in [0.4, 0.5) is 4.39 Å². The van der Waals surface area contributed by atoms with E-state index < -0.39 is 17.7 Å². The molecule has 0 saturated carbocycles. The Morgan fingerprint density at radius 2 is 2.10 bits per heavy atom. The number of hydrogen-bond acceptors (Lipinski definition) is 6. The molecule has 0 bridgehead atoms. The topological polar surface area (TPSA) is 94.3 Å². The Labute approximate surface area is 119 Å². The molecule has 0 fully saturated rings. The fourth-order valence-corrected chi connectivity index (χ4v) is 1.48. The van der Waals surface area contributed by atoms with Crippen molar-refractivity contribution >= 4 is 11.9 Å². The second-order valence-corrected chi connectivity index (χ2v) is 4.04. The molecule has 2 aromatic rings. The predicted molar refractivity (Wildman–Crippen MR) is 67.6 cm³/mol. The molecule has 8 heteroatoms. The molecule has 0 aliphatic carbocycles. The van der Waals surface area contributed by atoms with Gasteiger partial charge in [0.1, 0.15) is 12.4 Å². The van der Waals surface area contributed by atoms with Crippen molar-refractivity contribution in [3.63, 3.8) is 0 Å². The van der Waals surface area contributed by atoms with Crippen molar-refractivity contribution in [2.24, 2.45) is 0 Å². The molecule has 1 aromatic heterocycles. The van der Waals surface area contributed by atoms with Gasteiger partial charge in [0.05, 0.1) is 5.56 Å². The SMILES string of the molecule is Cc1nnc(COC(=O)CNC(=O)c2ccccc2F)o1. The number of esters is 1. The highest BCUT2D eigenvalue weighted by Gasteiger charge is 2.13. The Hall–Kier alpha value is -2.77. The van der Waals surface area contributed by atoms with Gasteiger partial charge in [0.25, 0.3) is 11.8 Å². The lowest BCUT2D eigenvalue weighted by Gasteiger charge is -2.05. The van der Waals surface area contributed by atoms with Gasteiger partial charge in [-0.05, 0) is 12.1 Å². The fraction of sp³-hybridized carbons (Fsp3) is 0.231. The number of halogens is 1. The van der Waals surface area contributed by atoms with Crippen LogP contribution in [0.25, 0.3) is 0 Å². The van der Waals surface area contributed by atoms with Crippen LogP contribution in [0.15, 0.2) is 28.7 Å². The van der Waals surface area contributed by atoms with E-state index in [0.717, 1.165) is 6.07 Å². The molecule has 1 heterocycles. The molecular weight excluding hydrogens is 281 g/mol. The Morgan fingerprint density at radius 3 is 2.76 bits per heavy atom. The van der Waals surface area contributed by atoms with E-state index in [-0.39, 0.29) is 24.6 Å². The molecule has 1 aromatic carbocycles. The number of carbonyl (C=O) groups excluding carboxylic acids is 2. The van der Waals surface area contributed by atoms with Crippen molar-refractivity contribution in [3.05, 3.63) is 47.4 Å². The maximum atomic E-state index is 13.3. The lowest BCUT2D eigenvalue weighted by molar-refractivity contribution is -0.144. The molecule has 0 spiro atoms. The average Bonchev–Trinajstić information content (AvgIpc) is 2.89. The summed E-state index contributed by atoms with van der Waals surface area (Å²) in [7, 11) is 0. The molecule has 1 amide bonds. The normalized spacial score (nSPS) is 10.2. The summed E-state index contributed by atoms with van der Waals surface area (Å²) in [6.07, 6.45) is 0. The molecule has 7 nitrogen and oxygen atoms in total. The summed E-state index contributed by atoms with van der Waals surface area (Å²) in [4.78, 5) is 23.1. The number of amides is 1. The monoisotopic (exact) mass is 293 g/mol. The highest BCUT2D eigenvalue weighted by atomic mass is 19.1. The Balaban J connectivity index is 1.79. The first kappa shape index (κ1) is 14.6. The quantitative estimate of drug-likeness (QED) is 0.826. The van der Waals surface area contributed by atoms with E-state index in [1.54, 1.807) is 6.92 Å². The molecule has 0 aliphatic rings. The van der Waals surface area contributed by atoms with Crippen molar-refractivity contribution in [1.82, 2.24) is 15.5 Å². The number of aryl methyl sites for hydroxylation is 1. The number of rotatable bonds is 5. The molecule has 0 atom stereocenters. The minimum absolute atomic E-state index is 0.141. The number of hydrogen-bond donors (Lipinski definition) is 1. The third-order valence-electron chi connectivity index (χ3n) is 2.44. The zero-order chi connectivity index (χ0) is 15.2. The summed E-state index contributed by atoms with van der Waals surface area (Å²) in [5, 5.41) is 9.47. The minimum Gasteiger partial charge on any atom is -0.454 e. The average molecular weight is 293 g/mol. The molecule has 0 unspecified atom stereocenters. The summed E-state index contributed by atoms with van der Waals surface area (Å²) in [6, 6.07) is 5.46. The van der Waals surface area contributed by atoms with Crippen LogP contribution in [-0.4, -0.2) is 28.6 Å². The van der Waals surface area contributed by atoms with E-state index in [2.05, 4.69) is 15.5 Å². The number of nitrogens with one attached hydrogen (secondary N) is 1. The van der Waals surface area contributed by atoms with E-state index in [1.807, 2.05) is 0 Å². The van der Waals surface area contributed by atoms with Crippen LogP contribution < -0.4 is 5.32 Å². The van der Waals surface area contributed by atoms with Gasteiger partial charge in [-0.3, -0.25) is 9.59 Å². The second-order valence-electron chi connectivity index (χ2n) is 4.04. The first-order chi connectivity index (χ1) is 10.1. The Bertz CT molecular complexity index is 656. The molecule has 0 saturated heterocycles. The highest BCUT2D eigenvalue weighted by Crippen LogP contribution is 2.05. The van der Waals surface area contributed by atoms with E-state index in [9.17, 15) is 14.0 Å². The molecule has 110 valence electrons. The molecule has 21 heavy (non-hydrogen) atoms. The maximum Gasteiger partial charge on any atom is 0.325 e. The summed E-state index contributed by atoms with van der Waals surface area (Å²) >= 11 is 0. The van der Waals surface area contributed by atoms with Gasteiger partial charge in [-0.25, -0.2) is 4.39 Å². The number of carbonyl (C=O) groups is 2. The summed E-state index contributed by atoms with van der Waals surface area (Å²) in [5.74, 6) is -1.55. The van der Waals surface area contributed by atoms with Gasteiger partial charge >= 0.3 is 5.97 Å². The molecular formula is C13H12FN3O4. The van der Waals surface area contributed by atoms with Gasteiger partial charge in [0.15, 0.2) is 6.61 Å². The van der Waals surface area contributed by atoms with E-state index in [1.165, 1.54) is 18.2 Å². The van der Waals surface area contributed by atoms with Gasteiger partial charge in [-0.1, -0.05) is 12.1 Å². The standard InChI is InChI=1S/C13H12FN3O4/c1-8-16-17-11(21-8)7-20-12(18)6-15-13(19)9-4-2-3-5-10(9)14/h2-5H,6-7H2,1H3,(H,15,19). The van der Waals surface area contributed by atoms with Crippen LogP contribution in [0, 0.1) is 12.7 Å². The number of benzene rings is 1. The summed E-state index contributed by atoms with van der Waals surface area (Å²) in [6.45, 7) is 1.03.